The average molecular weight is 516 g/mol. The molecule has 190 valence electrons. The summed E-state index contributed by atoms with van der Waals surface area (Å²) in [6, 6.07) is 26.4. The third kappa shape index (κ3) is 4.86. The van der Waals surface area contributed by atoms with Crippen molar-refractivity contribution in [2.45, 2.75) is 13.5 Å². The highest BCUT2D eigenvalue weighted by Gasteiger charge is 2.35. The highest BCUT2D eigenvalue weighted by Crippen LogP contribution is 2.32. The van der Waals surface area contributed by atoms with Crippen LogP contribution >= 0.6 is 0 Å². The summed E-state index contributed by atoms with van der Waals surface area (Å²) in [4.78, 5) is 38.4. The topological polar surface area (TPSA) is 122 Å². The normalized spacial score (nSPS) is 14.6. The lowest BCUT2D eigenvalue weighted by molar-refractivity contribution is -0.384. The monoisotopic (exact) mass is 515 g/mol. The van der Waals surface area contributed by atoms with Crippen LogP contribution in [-0.4, -0.2) is 31.4 Å². The van der Waals surface area contributed by atoms with Gasteiger partial charge in [-0.1, -0.05) is 60.7 Å². The number of hydrogen-bond acceptors (Lipinski definition) is 6. The summed E-state index contributed by atoms with van der Waals surface area (Å²) in [5, 5.41) is 25.6. The molecule has 1 aromatic heterocycles. The predicted molar refractivity (Wildman–Crippen MR) is 144 cm³/mol. The number of nitro benzene ring substituents is 1. The Morgan fingerprint density at radius 3 is 2.21 bits per heavy atom. The molecular formula is C30H21N5O4. The molecule has 0 aliphatic carbocycles. The second-order valence-corrected chi connectivity index (χ2v) is 8.87. The van der Waals surface area contributed by atoms with Crippen molar-refractivity contribution in [3.63, 3.8) is 0 Å². The molecule has 4 aromatic rings. The van der Waals surface area contributed by atoms with Crippen LogP contribution in [0.15, 0.2) is 108 Å². The molecule has 0 spiro atoms. The number of aromatic nitrogens is 2. The number of carbonyl (C=O) groups is 2. The lowest BCUT2D eigenvalue weighted by Gasteiger charge is -2.27. The van der Waals surface area contributed by atoms with Crippen LogP contribution in [0.3, 0.4) is 0 Å². The van der Waals surface area contributed by atoms with E-state index in [0.717, 1.165) is 16.0 Å². The lowest BCUT2D eigenvalue weighted by atomic mass is 9.93. The van der Waals surface area contributed by atoms with Gasteiger partial charge in [0.1, 0.15) is 11.6 Å². The third-order valence-corrected chi connectivity index (χ3v) is 6.42. The second kappa shape index (κ2) is 10.4. The quantitative estimate of drug-likeness (QED) is 0.150. The summed E-state index contributed by atoms with van der Waals surface area (Å²) in [6.07, 6.45) is 3.34. The van der Waals surface area contributed by atoms with Crippen molar-refractivity contribution in [1.82, 2.24) is 14.7 Å². The van der Waals surface area contributed by atoms with E-state index < -0.39 is 16.7 Å². The Labute approximate surface area is 223 Å². The van der Waals surface area contributed by atoms with Crippen LogP contribution in [-0.2, 0) is 16.1 Å². The van der Waals surface area contributed by atoms with Crippen molar-refractivity contribution in [2.75, 3.05) is 0 Å². The van der Waals surface area contributed by atoms with Crippen molar-refractivity contribution >= 4 is 23.6 Å². The standard InChI is InChI=1S/C30H21N5O4/c1-20-26(29(36)33(30(37)27(20)17-31)18-21-8-4-2-5-9-21)16-23-19-34(24-12-14-25(15-13-24)35(38)39)32-28(23)22-10-6-3-7-11-22/h2-16,19H,18H2,1H3/b26-16+. The van der Waals surface area contributed by atoms with Gasteiger partial charge in [-0.2, -0.15) is 10.4 Å². The Balaban J connectivity index is 1.63. The number of carbonyl (C=O) groups excluding carboxylic acids is 2. The van der Waals surface area contributed by atoms with E-state index in [1.807, 2.05) is 66.7 Å². The van der Waals surface area contributed by atoms with E-state index in [1.54, 1.807) is 36.0 Å². The van der Waals surface area contributed by atoms with E-state index in [4.69, 9.17) is 5.10 Å². The molecule has 0 radical (unpaired) electrons. The molecule has 0 N–H and O–H groups in total. The Hall–Kier alpha value is -5.62. The van der Waals surface area contributed by atoms with Crippen LogP contribution in [0.2, 0.25) is 0 Å². The molecule has 9 nitrogen and oxygen atoms in total. The molecule has 0 saturated heterocycles. The fraction of sp³-hybridized carbons (Fsp3) is 0.0667. The summed E-state index contributed by atoms with van der Waals surface area (Å²) in [5.74, 6) is -1.15. The van der Waals surface area contributed by atoms with Gasteiger partial charge in [0.25, 0.3) is 17.5 Å². The van der Waals surface area contributed by atoms with Gasteiger partial charge in [-0.15, -0.1) is 0 Å². The van der Waals surface area contributed by atoms with Gasteiger partial charge in [0, 0.05) is 35.0 Å². The zero-order chi connectivity index (χ0) is 27.5. The first kappa shape index (κ1) is 25.0. The van der Waals surface area contributed by atoms with E-state index in [1.165, 1.54) is 12.1 Å². The average Bonchev–Trinajstić information content (AvgIpc) is 3.39. The number of rotatable bonds is 6. The molecule has 3 aromatic carbocycles. The maximum atomic E-state index is 13.6. The lowest BCUT2D eigenvalue weighted by Crippen LogP contribution is -2.42. The largest absolute Gasteiger partial charge is 0.271 e. The number of amides is 2. The van der Waals surface area contributed by atoms with Gasteiger partial charge in [-0.05, 0) is 36.3 Å². The molecule has 0 unspecified atom stereocenters. The highest BCUT2D eigenvalue weighted by molar-refractivity contribution is 6.19. The number of non-ortho nitro benzene ring substituents is 1. The second-order valence-electron chi connectivity index (χ2n) is 8.87. The van der Waals surface area contributed by atoms with Crippen molar-refractivity contribution in [1.29, 1.82) is 5.26 Å². The summed E-state index contributed by atoms with van der Waals surface area (Å²) >= 11 is 0. The zero-order valence-corrected chi connectivity index (χ0v) is 20.8. The minimum atomic E-state index is -0.633. The van der Waals surface area contributed by atoms with Gasteiger partial charge in [0.2, 0.25) is 0 Å². The van der Waals surface area contributed by atoms with Gasteiger partial charge in [0.05, 0.1) is 22.8 Å². The first-order valence-electron chi connectivity index (χ1n) is 12.0. The van der Waals surface area contributed by atoms with Gasteiger partial charge in [-0.3, -0.25) is 24.6 Å². The fourth-order valence-corrected chi connectivity index (χ4v) is 4.37. The Bertz CT molecular complexity index is 1700. The smallest absolute Gasteiger partial charge is 0.269 e. The minimum absolute atomic E-state index is 0.0297. The van der Waals surface area contributed by atoms with Crippen molar-refractivity contribution in [2.24, 2.45) is 0 Å². The molecule has 9 heteroatoms. The summed E-state index contributed by atoms with van der Waals surface area (Å²) < 4.78 is 1.57. The maximum absolute atomic E-state index is 13.6. The molecule has 1 aliphatic rings. The van der Waals surface area contributed by atoms with Gasteiger partial charge >= 0.3 is 0 Å². The number of imide groups is 1. The summed E-state index contributed by atoms with van der Waals surface area (Å²) in [5.41, 5.74) is 3.63. The number of benzene rings is 3. The molecular weight excluding hydrogens is 494 g/mol. The Kier molecular flexibility index (Phi) is 6.68. The predicted octanol–water partition coefficient (Wildman–Crippen LogP) is 5.24. The molecule has 0 bridgehead atoms. The number of nitrogens with zero attached hydrogens (tertiary/aromatic N) is 5. The Morgan fingerprint density at radius 2 is 1.59 bits per heavy atom. The molecule has 0 fully saturated rings. The number of nitriles is 1. The molecule has 5 rings (SSSR count). The van der Waals surface area contributed by atoms with Crippen LogP contribution in [0.25, 0.3) is 23.0 Å². The van der Waals surface area contributed by atoms with E-state index in [0.29, 0.717) is 22.5 Å². The van der Waals surface area contributed by atoms with Gasteiger partial charge in [-0.25, -0.2) is 4.68 Å². The van der Waals surface area contributed by atoms with Crippen LogP contribution in [0.5, 0.6) is 0 Å². The Morgan fingerprint density at radius 1 is 0.949 bits per heavy atom. The molecule has 39 heavy (non-hydrogen) atoms. The van der Waals surface area contributed by atoms with Crippen molar-refractivity contribution < 1.29 is 14.5 Å². The third-order valence-electron chi connectivity index (χ3n) is 6.42. The van der Waals surface area contributed by atoms with Crippen LogP contribution in [0, 0.1) is 21.4 Å². The van der Waals surface area contributed by atoms with E-state index in [-0.39, 0.29) is 23.4 Å². The van der Waals surface area contributed by atoms with Crippen molar-refractivity contribution in [3.05, 3.63) is 129 Å². The highest BCUT2D eigenvalue weighted by atomic mass is 16.6. The molecule has 2 amide bonds. The number of nitro groups is 1. The zero-order valence-electron chi connectivity index (χ0n) is 20.8. The minimum Gasteiger partial charge on any atom is -0.269 e. The first-order valence-corrected chi connectivity index (χ1v) is 12.0. The summed E-state index contributed by atoms with van der Waals surface area (Å²) in [7, 11) is 0. The van der Waals surface area contributed by atoms with Crippen LogP contribution in [0.4, 0.5) is 5.69 Å². The summed E-state index contributed by atoms with van der Waals surface area (Å²) in [6.45, 7) is 1.62. The SMILES string of the molecule is CC1=C(C#N)C(=O)N(Cc2ccccc2)C(=O)/C1=C/c1cn(-c2ccc([N+](=O)[O-])cc2)nc1-c1ccccc1. The van der Waals surface area contributed by atoms with E-state index >= 15 is 0 Å². The number of hydrogen-bond donors (Lipinski definition) is 0. The molecule has 0 saturated carbocycles. The molecule has 1 aliphatic heterocycles. The fourth-order valence-electron chi connectivity index (χ4n) is 4.37. The van der Waals surface area contributed by atoms with E-state index in [2.05, 4.69) is 0 Å². The van der Waals surface area contributed by atoms with Gasteiger partial charge in [0.15, 0.2) is 0 Å². The van der Waals surface area contributed by atoms with E-state index in [9.17, 15) is 25.0 Å². The van der Waals surface area contributed by atoms with Crippen LogP contribution in [0.1, 0.15) is 18.1 Å². The maximum Gasteiger partial charge on any atom is 0.271 e. The molecule has 2 heterocycles. The van der Waals surface area contributed by atoms with Crippen LogP contribution < -0.4 is 0 Å². The van der Waals surface area contributed by atoms with Gasteiger partial charge < -0.3 is 0 Å². The van der Waals surface area contributed by atoms with Crippen molar-refractivity contribution in [3.8, 4) is 23.0 Å². The molecule has 0 atom stereocenters. The first-order chi connectivity index (χ1) is 18.9.